The lowest BCUT2D eigenvalue weighted by Crippen LogP contribution is -2.30. The second-order valence-corrected chi connectivity index (χ2v) is 6.16. The van der Waals surface area contributed by atoms with Gasteiger partial charge in [0.2, 0.25) is 5.91 Å². The maximum absolute atomic E-state index is 12.9. The summed E-state index contributed by atoms with van der Waals surface area (Å²) in [6.45, 7) is 0. The summed E-state index contributed by atoms with van der Waals surface area (Å²) in [5, 5.41) is 3.00. The van der Waals surface area contributed by atoms with Crippen molar-refractivity contribution in [3.63, 3.8) is 0 Å². The van der Waals surface area contributed by atoms with Crippen LogP contribution in [0.3, 0.4) is 0 Å². The number of ether oxygens (including phenoxy) is 1. The Morgan fingerprint density at radius 2 is 1.88 bits per heavy atom. The maximum atomic E-state index is 12.9. The van der Waals surface area contributed by atoms with Gasteiger partial charge in [0.25, 0.3) is 0 Å². The van der Waals surface area contributed by atoms with E-state index in [1.54, 1.807) is 42.5 Å². The zero-order valence-electron chi connectivity index (χ0n) is 13.6. The summed E-state index contributed by atoms with van der Waals surface area (Å²) in [6.07, 6.45) is -5.87. The zero-order chi connectivity index (χ0) is 18.9. The molecule has 26 heavy (non-hydrogen) atoms. The van der Waals surface area contributed by atoms with Crippen molar-refractivity contribution < 1.29 is 22.7 Å². The number of alkyl halides is 3. The number of benzodiazepines with no additional fused rings is 1. The lowest BCUT2D eigenvalue weighted by Gasteiger charge is -2.13. The van der Waals surface area contributed by atoms with Crippen molar-refractivity contribution in [3.8, 4) is 5.75 Å². The van der Waals surface area contributed by atoms with Gasteiger partial charge in [-0.3, -0.25) is 9.79 Å². The largest absolute Gasteiger partial charge is 0.497 e. The first-order valence-corrected chi connectivity index (χ1v) is 8.04. The third kappa shape index (κ3) is 3.99. The van der Waals surface area contributed by atoms with E-state index in [0.717, 1.165) is 0 Å². The van der Waals surface area contributed by atoms with Crippen LogP contribution in [-0.4, -0.2) is 30.9 Å². The molecule has 1 atom stereocenters. The second kappa shape index (κ2) is 6.99. The average Bonchev–Trinajstić information content (AvgIpc) is 2.71. The minimum Gasteiger partial charge on any atom is -0.497 e. The van der Waals surface area contributed by atoms with E-state index in [-0.39, 0.29) is 5.71 Å². The molecule has 2 aromatic rings. The molecular formula is C18H14ClF3N2O2. The first-order chi connectivity index (χ1) is 12.3. The number of rotatable bonds is 3. The third-order valence-corrected chi connectivity index (χ3v) is 4.12. The van der Waals surface area contributed by atoms with Crippen molar-refractivity contribution in [3.05, 3.63) is 58.6 Å². The molecule has 1 aliphatic heterocycles. The molecule has 0 aliphatic carbocycles. The van der Waals surface area contributed by atoms with Crippen LogP contribution in [-0.2, 0) is 4.79 Å². The van der Waals surface area contributed by atoms with Crippen LogP contribution in [0.25, 0.3) is 0 Å². The number of benzene rings is 2. The number of nitrogens with zero attached hydrogens (tertiary/aromatic N) is 1. The molecule has 0 aromatic heterocycles. The summed E-state index contributed by atoms with van der Waals surface area (Å²) in [7, 11) is 1.47. The van der Waals surface area contributed by atoms with E-state index in [1.165, 1.54) is 7.11 Å². The van der Waals surface area contributed by atoms with Crippen molar-refractivity contribution in [2.24, 2.45) is 4.99 Å². The maximum Gasteiger partial charge on any atom is 0.391 e. The highest BCUT2D eigenvalue weighted by atomic mass is 35.5. The van der Waals surface area contributed by atoms with Gasteiger partial charge in [-0.15, -0.1) is 0 Å². The van der Waals surface area contributed by atoms with E-state index >= 15 is 0 Å². The summed E-state index contributed by atoms with van der Waals surface area (Å²) < 4.78 is 43.9. The van der Waals surface area contributed by atoms with Crippen LogP contribution >= 0.6 is 11.6 Å². The molecule has 0 saturated carbocycles. The van der Waals surface area contributed by atoms with Crippen LogP contribution in [0.4, 0.5) is 18.9 Å². The summed E-state index contributed by atoms with van der Waals surface area (Å²) in [4.78, 5) is 16.4. The SMILES string of the molecule is COc1ccc2c(c1)C(c1ccc(Cl)cc1)=NC(CC(F)(F)F)C(=O)N2. The summed E-state index contributed by atoms with van der Waals surface area (Å²) in [6, 6.07) is 9.74. The highest BCUT2D eigenvalue weighted by Crippen LogP contribution is 2.31. The van der Waals surface area contributed by atoms with Crippen LogP contribution in [0.15, 0.2) is 47.5 Å². The molecule has 2 aromatic carbocycles. The van der Waals surface area contributed by atoms with Gasteiger partial charge in [0.05, 0.1) is 24.9 Å². The van der Waals surface area contributed by atoms with Crippen molar-refractivity contribution in [2.75, 3.05) is 12.4 Å². The van der Waals surface area contributed by atoms with Crippen molar-refractivity contribution in [1.82, 2.24) is 0 Å². The lowest BCUT2D eigenvalue weighted by atomic mass is 10.00. The van der Waals surface area contributed by atoms with E-state index in [9.17, 15) is 18.0 Å². The third-order valence-electron chi connectivity index (χ3n) is 3.87. The average molecular weight is 383 g/mol. The number of carbonyl (C=O) groups excluding carboxylic acids is 1. The lowest BCUT2D eigenvalue weighted by molar-refractivity contribution is -0.145. The zero-order valence-corrected chi connectivity index (χ0v) is 14.4. The molecule has 0 spiro atoms. The van der Waals surface area contributed by atoms with Crippen LogP contribution < -0.4 is 10.1 Å². The van der Waals surface area contributed by atoms with E-state index in [1.807, 2.05) is 0 Å². The number of aliphatic imine (C=N–C) groups is 1. The highest BCUT2D eigenvalue weighted by molar-refractivity contribution is 6.30. The van der Waals surface area contributed by atoms with Gasteiger partial charge in [-0.1, -0.05) is 23.7 Å². The first kappa shape index (κ1) is 18.3. The van der Waals surface area contributed by atoms with Gasteiger partial charge in [-0.25, -0.2) is 0 Å². The molecule has 8 heteroatoms. The molecule has 0 saturated heterocycles. The predicted octanol–water partition coefficient (Wildman–Crippen LogP) is 4.46. The number of hydrogen-bond donors (Lipinski definition) is 1. The van der Waals surface area contributed by atoms with Gasteiger partial charge in [0.1, 0.15) is 11.8 Å². The minimum atomic E-state index is -4.52. The topological polar surface area (TPSA) is 50.7 Å². The van der Waals surface area contributed by atoms with Crippen molar-refractivity contribution in [2.45, 2.75) is 18.6 Å². The molecular weight excluding hydrogens is 369 g/mol. The Bertz CT molecular complexity index is 864. The van der Waals surface area contributed by atoms with Gasteiger partial charge >= 0.3 is 6.18 Å². The van der Waals surface area contributed by atoms with Gasteiger partial charge in [-0.05, 0) is 30.3 Å². The molecule has 1 heterocycles. The Hall–Kier alpha value is -2.54. The number of nitrogens with one attached hydrogen (secondary N) is 1. The fourth-order valence-electron chi connectivity index (χ4n) is 2.65. The van der Waals surface area contributed by atoms with E-state index in [0.29, 0.717) is 27.6 Å². The molecule has 1 aliphatic rings. The predicted molar refractivity (Wildman–Crippen MR) is 93.2 cm³/mol. The molecule has 0 bridgehead atoms. The van der Waals surface area contributed by atoms with Gasteiger partial charge in [-0.2, -0.15) is 13.2 Å². The smallest absolute Gasteiger partial charge is 0.391 e. The normalized spacial score (nSPS) is 17.0. The Labute approximate surface area is 152 Å². The molecule has 3 rings (SSSR count). The monoisotopic (exact) mass is 382 g/mol. The quantitative estimate of drug-likeness (QED) is 0.852. The number of amides is 1. The van der Waals surface area contributed by atoms with Crippen LogP contribution in [0.5, 0.6) is 5.75 Å². The standard InChI is InChI=1S/C18H14ClF3N2O2/c1-26-12-6-7-14-13(8-12)16(10-2-4-11(19)5-3-10)23-15(17(25)24-14)9-18(20,21)22/h2-8,15H,9H2,1H3,(H,24,25). The van der Waals surface area contributed by atoms with Gasteiger partial charge < -0.3 is 10.1 Å². The van der Waals surface area contributed by atoms with E-state index < -0.39 is 24.5 Å². The fraction of sp³-hybridized carbons (Fsp3) is 0.222. The number of anilines is 1. The summed E-state index contributed by atoms with van der Waals surface area (Å²) in [5.41, 5.74) is 1.66. The Morgan fingerprint density at radius 1 is 1.19 bits per heavy atom. The van der Waals surface area contributed by atoms with Gasteiger partial charge in [0.15, 0.2) is 0 Å². The molecule has 1 amide bonds. The van der Waals surface area contributed by atoms with Gasteiger partial charge in [0, 0.05) is 16.1 Å². The Kier molecular flexibility index (Phi) is 4.91. The second-order valence-electron chi connectivity index (χ2n) is 5.72. The van der Waals surface area contributed by atoms with Crippen LogP contribution in [0.2, 0.25) is 5.02 Å². The van der Waals surface area contributed by atoms with Crippen LogP contribution in [0.1, 0.15) is 17.5 Å². The van der Waals surface area contributed by atoms with E-state index in [2.05, 4.69) is 10.3 Å². The number of methoxy groups -OCH3 is 1. The molecule has 1 unspecified atom stereocenters. The molecule has 136 valence electrons. The fourth-order valence-corrected chi connectivity index (χ4v) is 2.78. The molecule has 1 N–H and O–H groups in total. The molecule has 4 nitrogen and oxygen atoms in total. The first-order valence-electron chi connectivity index (χ1n) is 7.66. The van der Waals surface area contributed by atoms with E-state index in [4.69, 9.17) is 16.3 Å². The Morgan fingerprint density at radius 3 is 2.50 bits per heavy atom. The molecule has 0 radical (unpaired) electrons. The highest BCUT2D eigenvalue weighted by Gasteiger charge is 2.37. The number of carbonyl (C=O) groups is 1. The number of hydrogen-bond acceptors (Lipinski definition) is 3. The minimum absolute atomic E-state index is 0.267. The number of halogens is 4. The molecule has 0 fully saturated rings. The summed E-state index contributed by atoms with van der Waals surface area (Å²) >= 11 is 5.89. The Balaban J connectivity index is 2.17. The number of fused-ring (bicyclic) bond motifs is 1. The van der Waals surface area contributed by atoms with Crippen molar-refractivity contribution >= 4 is 28.9 Å². The van der Waals surface area contributed by atoms with Crippen LogP contribution in [0, 0.1) is 0 Å². The summed E-state index contributed by atoms with van der Waals surface area (Å²) in [5.74, 6) is -0.313. The van der Waals surface area contributed by atoms with Crippen molar-refractivity contribution in [1.29, 1.82) is 0 Å².